The lowest BCUT2D eigenvalue weighted by Crippen LogP contribution is -2.45. The fourth-order valence-electron chi connectivity index (χ4n) is 1.76. The summed E-state index contributed by atoms with van der Waals surface area (Å²) in [6, 6.07) is 0. The Morgan fingerprint density at radius 2 is 1.57 bits per heavy atom. The molecule has 0 bridgehead atoms. The maximum atomic E-state index is 12.5. The maximum Gasteiger partial charge on any atom is 0.471 e. The van der Waals surface area contributed by atoms with E-state index in [0.717, 1.165) is 0 Å². The Morgan fingerprint density at radius 3 is 2.00 bits per heavy atom. The topological polar surface area (TPSA) is 49.9 Å². The van der Waals surface area contributed by atoms with Crippen molar-refractivity contribution in [1.29, 1.82) is 0 Å². The fraction of sp³-hybridized carbons (Fsp3) is 0.846. The van der Waals surface area contributed by atoms with Crippen LogP contribution < -0.4 is 0 Å². The highest BCUT2D eigenvalue weighted by Gasteiger charge is 2.42. The summed E-state index contributed by atoms with van der Waals surface area (Å²) in [5.74, 6) is -2.53. The van der Waals surface area contributed by atoms with Crippen LogP contribution in [0.4, 0.5) is 13.2 Å². The highest BCUT2D eigenvalue weighted by molar-refractivity contribution is 5.82. The molecule has 0 spiro atoms. The van der Waals surface area contributed by atoms with E-state index in [2.05, 4.69) is 4.74 Å². The third-order valence-electron chi connectivity index (χ3n) is 3.00. The average molecular weight is 312 g/mol. The van der Waals surface area contributed by atoms with E-state index in [0.29, 0.717) is 24.5 Å². The van der Waals surface area contributed by atoms with Gasteiger partial charge in [-0.05, 0) is 20.0 Å². The van der Waals surface area contributed by atoms with Gasteiger partial charge in [0, 0.05) is 19.6 Å². The van der Waals surface area contributed by atoms with Crippen LogP contribution >= 0.6 is 0 Å². The molecule has 0 aliphatic rings. The van der Waals surface area contributed by atoms with Crippen LogP contribution in [0.5, 0.6) is 0 Å². The minimum absolute atomic E-state index is 0.0700. The van der Waals surface area contributed by atoms with Gasteiger partial charge >= 0.3 is 18.1 Å². The molecule has 124 valence electrons. The summed E-state index contributed by atoms with van der Waals surface area (Å²) in [7, 11) is 0. The number of rotatable bonds is 9. The van der Waals surface area contributed by atoms with Crippen molar-refractivity contribution in [3.05, 3.63) is 0 Å². The van der Waals surface area contributed by atoms with Crippen molar-refractivity contribution in [2.45, 2.75) is 33.4 Å². The standard InChI is InChI=1S/C13H23F3N2O3/c1-4-17(5-2)9-10-18(12(20)13(14,15)16)8-7-11(19)21-6-3/h4-10H2,1-3H3. The number of carbonyl (C=O) groups excluding carboxylic acids is 2. The van der Waals surface area contributed by atoms with E-state index < -0.39 is 18.1 Å². The highest BCUT2D eigenvalue weighted by atomic mass is 19.4. The van der Waals surface area contributed by atoms with Crippen LogP contribution in [-0.4, -0.2) is 67.2 Å². The van der Waals surface area contributed by atoms with Crippen LogP contribution in [0, 0.1) is 0 Å². The molecule has 0 saturated carbocycles. The molecule has 0 atom stereocenters. The van der Waals surface area contributed by atoms with Crippen molar-refractivity contribution in [1.82, 2.24) is 9.80 Å². The Morgan fingerprint density at radius 1 is 1.00 bits per heavy atom. The van der Waals surface area contributed by atoms with Crippen LogP contribution in [0.1, 0.15) is 27.2 Å². The molecule has 0 aromatic heterocycles. The minimum Gasteiger partial charge on any atom is -0.466 e. The Bertz CT molecular complexity index is 331. The Hall–Kier alpha value is -1.31. The molecule has 21 heavy (non-hydrogen) atoms. The zero-order valence-electron chi connectivity index (χ0n) is 12.7. The second-order valence-electron chi connectivity index (χ2n) is 4.37. The average Bonchev–Trinajstić information content (AvgIpc) is 2.41. The zero-order valence-corrected chi connectivity index (χ0v) is 12.7. The molecule has 8 heteroatoms. The highest BCUT2D eigenvalue weighted by Crippen LogP contribution is 2.18. The third-order valence-corrected chi connectivity index (χ3v) is 3.00. The van der Waals surface area contributed by atoms with Gasteiger partial charge in [-0.2, -0.15) is 13.2 Å². The number of alkyl halides is 3. The van der Waals surface area contributed by atoms with Crippen molar-refractivity contribution in [2.75, 3.05) is 39.3 Å². The van der Waals surface area contributed by atoms with Crippen LogP contribution in [0.3, 0.4) is 0 Å². The van der Waals surface area contributed by atoms with E-state index >= 15 is 0 Å². The van der Waals surface area contributed by atoms with Crippen molar-refractivity contribution in [2.24, 2.45) is 0 Å². The van der Waals surface area contributed by atoms with Crippen molar-refractivity contribution in [3.8, 4) is 0 Å². The molecule has 0 rings (SSSR count). The first-order valence-electron chi connectivity index (χ1n) is 7.00. The summed E-state index contributed by atoms with van der Waals surface area (Å²) in [6.45, 7) is 6.87. The van der Waals surface area contributed by atoms with E-state index in [1.165, 1.54) is 0 Å². The van der Waals surface area contributed by atoms with Gasteiger partial charge in [0.1, 0.15) is 0 Å². The van der Waals surface area contributed by atoms with Gasteiger partial charge in [-0.15, -0.1) is 0 Å². The molecule has 0 aliphatic carbocycles. The van der Waals surface area contributed by atoms with E-state index in [1.807, 2.05) is 18.7 Å². The molecule has 0 fully saturated rings. The third kappa shape index (κ3) is 7.89. The molecule has 1 amide bonds. The summed E-state index contributed by atoms with van der Waals surface area (Å²) in [5.41, 5.74) is 0. The van der Waals surface area contributed by atoms with Crippen LogP contribution in [0.25, 0.3) is 0 Å². The SMILES string of the molecule is CCOC(=O)CCN(CCN(CC)CC)C(=O)C(F)(F)F. The van der Waals surface area contributed by atoms with Crippen LogP contribution in [0.2, 0.25) is 0 Å². The molecule has 5 nitrogen and oxygen atoms in total. The lowest BCUT2D eigenvalue weighted by Gasteiger charge is -2.26. The van der Waals surface area contributed by atoms with Gasteiger partial charge in [0.2, 0.25) is 0 Å². The number of halogens is 3. The number of hydrogen-bond donors (Lipinski definition) is 0. The van der Waals surface area contributed by atoms with Crippen LogP contribution in [0.15, 0.2) is 0 Å². The van der Waals surface area contributed by atoms with E-state index in [4.69, 9.17) is 0 Å². The summed E-state index contributed by atoms with van der Waals surface area (Å²) in [6.07, 6.45) is -5.17. The molecule has 0 radical (unpaired) electrons. The maximum absolute atomic E-state index is 12.5. The Labute approximate surface area is 123 Å². The van der Waals surface area contributed by atoms with E-state index in [1.54, 1.807) is 6.92 Å². The van der Waals surface area contributed by atoms with Crippen molar-refractivity contribution >= 4 is 11.9 Å². The number of amides is 1. The predicted octanol–water partition coefficient (Wildman–Crippen LogP) is 1.67. The van der Waals surface area contributed by atoms with Gasteiger partial charge in [0.05, 0.1) is 13.0 Å². The van der Waals surface area contributed by atoms with Crippen molar-refractivity contribution < 1.29 is 27.5 Å². The molecular formula is C13H23F3N2O3. The molecule has 0 aliphatic heterocycles. The van der Waals surface area contributed by atoms with Crippen molar-refractivity contribution in [3.63, 3.8) is 0 Å². The van der Waals surface area contributed by atoms with E-state index in [-0.39, 0.29) is 26.1 Å². The first-order chi connectivity index (χ1) is 9.76. The Balaban J connectivity index is 4.62. The Kier molecular flexibility index (Phi) is 9.00. The summed E-state index contributed by atoms with van der Waals surface area (Å²) < 4.78 is 42.3. The molecule has 0 aromatic carbocycles. The minimum atomic E-state index is -4.93. The zero-order chi connectivity index (χ0) is 16.5. The molecule has 0 saturated heterocycles. The number of likely N-dealkylation sites (N-methyl/N-ethyl adjacent to an activating group) is 1. The largest absolute Gasteiger partial charge is 0.471 e. The van der Waals surface area contributed by atoms with E-state index in [9.17, 15) is 22.8 Å². The molecular weight excluding hydrogens is 289 g/mol. The number of esters is 1. The van der Waals surface area contributed by atoms with Gasteiger partial charge < -0.3 is 14.5 Å². The normalized spacial score (nSPS) is 11.6. The van der Waals surface area contributed by atoms with Gasteiger partial charge in [0.25, 0.3) is 0 Å². The summed E-state index contributed by atoms with van der Waals surface area (Å²) >= 11 is 0. The van der Waals surface area contributed by atoms with Gasteiger partial charge in [-0.25, -0.2) is 0 Å². The molecule has 0 heterocycles. The van der Waals surface area contributed by atoms with Crippen LogP contribution in [-0.2, 0) is 14.3 Å². The smallest absolute Gasteiger partial charge is 0.466 e. The second-order valence-corrected chi connectivity index (χ2v) is 4.37. The first-order valence-corrected chi connectivity index (χ1v) is 7.00. The first kappa shape index (κ1) is 19.7. The molecule has 0 aromatic rings. The predicted molar refractivity (Wildman–Crippen MR) is 71.7 cm³/mol. The number of carbonyl (C=O) groups is 2. The number of hydrogen-bond acceptors (Lipinski definition) is 4. The van der Waals surface area contributed by atoms with Gasteiger partial charge in [0.15, 0.2) is 0 Å². The molecule has 0 N–H and O–H groups in total. The summed E-state index contributed by atoms with van der Waals surface area (Å²) in [5, 5.41) is 0. The monoisotopic (exact) mass is 312 g/mol. The number of ether oxygens (including phenoxy) is 1. The fourth-order valence-corrected chi connectivity index (χ4v) is 1.76. The second kappa shape index (κ2) is 9.59. The molecule has 0 unspecified atom stereocenters. The van der Waals surface area contributed by atoms with Gasteiger partial charge in [-0.3, -0.25) is 9.59 Å². The lowest BCUT2D eigenvalue weighted by atomic mass is 10.3. The summed E-state index contributed by atoms with van der Waals surface area (Å²) in [4.78, 5) is 25.1. The lowest BCUT2D eigenvalue weighted by molar-refractivity contribution is -0.186. The number of nitrogens with zero attached hydrogens (tertiary/aromatic N) is 2. The quantitative estimate of drug-likeness (QED) is 0.608. The van der Waals surface area contributed by atoms with Gasteiger partial charge in [-0.1, -0.05) is 13.8 Å².